The number of carbonyl (C=O) groups is 1. The summed E-state index contributed by atoms with van der Waals surface area (Å²) in [4.78, 5) is 21.1. The van der Waals surface area contributed by atoms with Crippen molar-refractivity contribution in [2.45, 2.75) is 0 Å². The van der Waals surface area contributed by atoms with Crippen LogP contribution in [0.2, 0.25) is 0 Å². The maximum atomic E-state index is 11.0. The summed E-state index contributed by atoms with van der Waals surface area (Å²) in [6, 6.07) is 10.4. The lowest BCUT2D eigenvalue weighted by atomic mass is 10.2. The zero-order valence-electron chi connectivity index (χ0n) is 10.4. The maximum absolute atomic E-state index is 11.0. The van der Waals surface area contributed by atoms with Gasteiger partial charge in [0, 0.05) is 11.6 Å². The molecule has 0 bridgehead atoms. The Labute approximate surface area is 127 Å². The fourth-order valence-electron chi connectivity index (χ4n) is 1.61. The van der Waals surface area contributed by atoms with Gasteiger partial charge in [-0.2, -0.15) is 5.26 Å². The Morgan fingerprint density at radius 3 is 2.52 bits per heavy atom. The van der Waals surface area contributed by atoms with Crippen LogP contribution in [0.4, 0.5) is 5.69 Å². The average Bonchev–Trinajstić information content (AvgIpc) is 2.49. The largest absolute Gasteiger partial charge is 0.449 e. The van der Waals surface area contributed by atoms with Crippen molar-refractivity contribution in [2.24, 2.45) is 0 Å². The molecule has 2 aromatic rings. The van der Waals surface area contributed by atoms with Crippen LogP contribution in [-0.2, 0) is 0 Å². The van der Waals surface area contributed by atoms with E-state index < -0.39 is 4.92 Å². The molecule has 0 aliphatic heterocycles. The topological polar surface area (TPSA) is 93.2 Å². The van der Waals surface area contributed by atoms with E-state index in [-0.39, 0.29) is 17.0 Å². The van der Waals surface area contributed by atoms with Crippen molar-refractivity contribution in [3.8, 4) is 17.6 Å². The lowest BCUT2D eigenvalue weighted by Crippen LogP contribution is -1.95. The maximum Gasteiger partial charge on any atom is 0.312 e. The lowest BCUT2D eigenvalue weighted by Gasteiger charge is -2.08. The van der Waals surface area contributed by atoms with E-state index in [1.165, 1.54) is 30.3 Å². The number of nitriles is 1. The number of nitro groups is 1. The Bertz CT molecular complexity index is 768. The van der Waals surface area contributed by atoms with Crippen LogP contribution in [0.1, 0.15) is 15.9 Å². The molecule has 0 heterocycles. The van der Waals surface area contributed by atoms with Crippen LogP contribution in [0.3, 0.4) is 0 Å². The Hall–Kier alpha value is -2.72. The quantitative estimate of drug-likeness (QED) is 0.476. The van der Waals surface area contributed by atoms with Crippen molar-refractivity contribution in [3.63, 3.8) is 0 Å². The number of hydrogen-bond donors (Lipinski definition) is 0. The normalized spacial score (nSPS) is 9.71. The van der Waals surface area contributed by atoms with Gasteiger partial charge in [-0.1, -0.05) is 0 Å². The van der Waals surface area contributed by atoms with Gasteiger partial charge in [0.05, 0.1) is 21.0 Å². The number of nitro benzene ring substituents is 1. The summed E-state index contributed by atoms with van der Waals surface area (Å²) in [6.45, 7) is 0. The highest BCUT2D eigenvalue weighted by atomic mass is 79.9. The molecule has 6 nitrogen and oxygen atoms in total. The van der Waals surface area contributed by atoms with Gasteiger partial charge in [0.25, 0.3) is 0 Å². The molecule has 0 spiro atoms. The molecule has 0 radical (unpaired) electrons. The van der Waals surface area contributed by atoms with E-state index >= 15 is 0 Å². The standard InChI is InChI=1S/C14H7BrN2O4/c15-11-5-10(8-18)2-3-13(11)21-14-4-1-9(7-16)6-12(14)17(19)20/h1-6,8H. The number of carbonyl (C=O) groups excluding carboxylic acids is 1. The predicted molar refractivity (Wildman–Crippen MR) is 77.4 cm³/mol. The molecule has 21 heavy (non-hydrogen) atoms. The van der Waals surface area contributed by atoms with Crippen molar-refractivity contribution >= 4 is 27.9 Å². The number of benzene rings is 2. The fraction of sp³-hybridized carbons (Fsp3) is 0. The minimum absolute atomic E-state index is 0.0125. The summed E-state index contributed by atoms with van der Waals surface area (Å²) in [6.07, 6.45) is 0.679. The van der Waals surface area contributed by atoms with Gasteiger partial charge in [-0.15, -0.1) is 0 Å². The third-order valence-electron chi connectivity index (χ3n) is 2.60. The van der Waals surface area contributed by atoms with Gasteiger partial charge in [0.2, 0.25) is 5.75 Å². The second kappa shape index (κ2) is 6.15. The first-order valence-corrected chi connectivity index (χ1v) is 6.45. The molecule has 0 saturated carbocycles. The summed E-state index contributed by atoms with van der Waals surface area (Å²) in [5, 5.41) is 19.8. The molecule has 0 aliphatic rings. The van der Waals surface area contributed by atoms with Gasteiger partial charge in [-0.05, 0) is 46.3 Å². The summed E-state index contributed by atoms with van der Waals surface area (Å²) in [5.74, 6) is 0.340. The molecule has 2 aromatic carbocycles. The molecule has 0 unspecified atom stereocenters. The van der Waals surface area contributed by atoms with Gasteiger partial charge >= 0.3 is 5.69 Å². The number of aldehydes is 1. The molecule has 0 amide bonds. The number of halogens is 1. The Morgan fingerprint density at radius 1 is 1.24 bits per heavy atom. The fourth-order valence-corrected chi connectivity index (χ4v) is 2.08. The molecule has 0 N–H and O–H groups in total. The van der Waals surface area contributed by atoms with Crippen LogP contribution in [0.15, 0.2) is 40.9 Å². The molecule has 7 heteroatoms. The van der Waals surface area contributed by atoms with Gasteiger partial charge in [-0.25, -0.2) is 0 Å². The van der Waals surface area contributed by atoms with Crippen molar-refractivity contribution < 1.29 is 14.5 Å². The van der Waals surface area contributed by atoms with E-state index in [0.29, 0.717) is 22.1 Å². The SMILES string of the molecule is N#Cc1ccc(Oc2ccc(C=O)cc2Br)c([N+](=O)[O-])c1. The highest BCUT2D eigenvalue weighted by molar-refractivity contribution is 9.10. The highest BCUT2D eigenvalue weighted by Crippen LogP contribution is 2.35. The number of hydrogen-bond acceptors (Lipinski definition) is 5. The van der Waals surface area contributed by atoms with Gasteiger partial charge in [-0.3, -0.25) is 14.9 Å². The van der Waals surface area contributed by atoms with Crippen LogP contribution in [-0.4, -0.2) is 11.2 Å². The first kappa shape index (κ1) is 14.7. The molecule has 0 aliphatic carbocycles. The van der Waals surface area contributed by atoms with E-state index in [2.05, 4.69) is 15.9 Å². The minimum Gasteiger partial charge on any atom is -0.449 e. The van der Waals surface area contributed by atoms with Gasteiger partial charge < -0.3 is 4.74 Å². The number of nitrogens with zero attached hydrogens (tertiary/aromatic N) is 2. The van der Waals surface area contributed by atoms with Crippen molar-refractivity contribution in [1.82, 2.24) is 0 Å². The second-order valence-electron chi connectivity index (χ2n) is 3.96. The summed E-state index contributed by atoms with van der Waals surface area (Å²) >= 11 is 3.23. The van der Waals surface area contributed by atoms with E-state index in [9.17, 15) is 14.9 Å². The highest BCUT2D eigenvalue weighted by Gasteiger charge is 2.17. The monoisotopic (exact) mass is 346 g/mol. The summed E-state index contributed by atoms with van der Waals surface area (Å²) in [7, 11) is 0. The van der Waals surface area contributed by atoms with E-state index in [1.54, 1.807) is 0 Å². The number of rotatable bonds is 4. The number of ether oxygens (including phenoxy) is 1. The van der Waals surface area contributed by atoms with Crippen LogP contribution < -0.4 is 4.74 Å². The Kier molecular flexibility index (Phi) is 4.30. The third kappa shape index (κ3) is 3.24. The average molecular weight is 347 g/mol. The smallest absolute Gasteiger partial charge is 0.312 e. The van der Waals surface area contributed by atoms with E-state index in [4.69, 9.17) is 10.00 Å². The zero-order valence-corrected chi connectivity index (χ0v) is 12.0. The van der Waals surface area contributed by atoms with Crippen LogP contribution in [0.25, 0.3) is 0 Å². The molecule has 0 fully saturated rings. The third-order valence-corrected chi connectivity index (χ3v) is 3.22. The lowest BCUT2D eigenvalue weighted by molar-refractivity contribution is -0.385. The molecule has 104 valence electrons. The summed E-state index contributed by atoms with van der Waals surface area (Å²) in [5.41, 5.74) is 0.313. The Morgan fingerprint density at radius 2 is 1.95 bits per heavy atom. The van der Waals surface area contributed by atoms with Crippen LogP contribution >= 0.6 is 15.9 Å². The van der Waals surface area contributed by atoms with Crippen molar-refractivity contribution in [1.29, 1.82) is 5.26 Å². The second-order valence-corrected chi connectivity index (χ2v) is 4.82. The van der Waals surface area contributed by atoms with E-state index in [0.717, 1.165) is 6.07 Å². The van der Waals surface area contributed by atoms with Gasteiger partial charge in [0.15, 0.2) is 0 Å². The summed E-state index contributed by atoms with van der Waals surface area (Å²) < 4.78 is 5.98. The van der Waals surface area contributed by atoms with Crippen LogP contribution in [0.5, 0.6) is 11.5 Å². The van der Waals surface area contributed by atoms with Crippen LogP contribution in [0, 0.1) is 21.4 Å². The first-order chi connectivity index (χ1) is 10.0. The molecular formula is C14H7BrN2O4. The Balaban J connectivity index is 2.42. The van der Waals surface area contributed by atoms with Crippen molar-refractivity contribution in [2.75, 3.05) is 0 Å². The first-order valence-electron chi connectivity index (χ1n) is 5.66. The molecule has 0 aromatic heterocycles. The molecule has 2 rings (SSSR count). The van der Waals surface area contributed by atoms with E-state index in [1.807, 2.05) is 6.07 Å². The minimum atomic E-state index is -0.621. The predicted octanol–water partition coefficient (Wildman–Crippen LogP) is 3.83. The molecule has 0 atom stereocenters. The molecule has 0 saturated heterocycles. The molecular weight excluding hydrogens is 340 g/mol. The van der Waals surface area contributed by atoms with Gasteiger partial charge in [0.1, 0.15) is 12.0 Å². The van der Waals surface area contributed by atoms with Crippen molar-refractivity contribution in [3.05, 3.63) is 62.1 Å². The zero-order chi connectivity index (χ0) is 15.4.